The Balaban J connectivity index is 2.22. The second-order valence-corrected chi connectivity index (χ2v) is 4.29. The van der Waals surface area contributed by atoms with Crippen LogP contribution in [0.4, 0.5) is 0 Å². The van der Waals surface area contributed by atoms with Crippen molar-refractivity contribution in [1.82, 2.24) is 0 Å². The van der Waals surface area contributed by atoms with E-state index in [0.717, 1.165) is 29.6 Å². The van der Waals surface area contributed by atoms with Crippen LogP contribution in [0.2, 0.25) is 0 Å². The van der Waals surface area contributed by atoms with Crippen LogP contribution in [0.5, 0.6) is 0 Å². The van der Waals surface area contributed by atoms with Gasteiger partial charge in [-0.15, -0.1) is 0 Å². The van der Waals surface area contributed by atoms with Crippen LogP contribution in [0.25, 0.3) is 6.08 Å². The molecule has 16 heavy (non-hydrogen) atoms. The highest BCUT2D eigenvalue weighted by Crippen LogP contribution is 2.26. The molecule has 0 unspecified atom stereocenters. The van der Waals surface area contributed by atoms with Gasteiger partial charge in [0, 0.05) is 12.0 Å². The highest BCUT2D eigenvalue weighted by molar-refractivity contribution is 6.04. The molecular weight excluding hydrogens is 196 g/mol. The molecule has 1 aliphatic rings. The molecule has 2 rings (SSSR count). The predicted molar refractivity (Wildman–Crippen MR) is 67.2 cm³/mol. The molecule has 1 fully saturated rings. The zero-order chi connectivity index (χ0) is 11.5. The van der Waals surface area contributed by atoms with Crippen molar-refractivity contribution in [3.63, 3.8) is 0 Å². The van der Waals surface area contributed by atoms with Gasteiger partial charge in [0.25, 0.3) is 0 Å². The number of aryl methyl sites for hydroxylation is 1. The van der Waals surface area contributed by atoms with Crippen LogP contribution in [0.3, 0.4) is 0 Å². The fourth-order valence-electron chi connectivity index (χ4n) is 1.95. The van der Waals surface area contributed by atoms with E-state index in [1.807, 2.05) is 6.08 Å². The predicted octanol–water partition coefficient (Wildman–Crippen LogP) is 3.55. The van der Waals surface area contributed by atoms with Crippen molar-refractivity contribution in [2.24, 2.45) is 0 Å². The molecule has 1 nitrogen and oxygen atoms in total. The summed E-state index contributed by atoms with van der Waals surface area (Å²) in [5.41, 5.74) is 4.36. The van der Waals surface area contributed by atoms with Crippen LogP contribution >= 0.6 is 0 Å². The van der Waals surface area contributed by atoms with Crippen molar-refractivity contribution in [2.45, 2.75) is 26.2 Å². The van der Waals surface area contributed by atoms with E-state index in [1.165, 1.54) is 5.56 Å². The molecule has 1 aromatic carbocycles. The van der Waals surface area contributed by atoms with Gasteiger partial charge in [0.2, 0.25) is 0 Å². The average Bonchev–Trinajstić information content (AvgIpc) is 2.59. The first-order valence-corrected chi connectivity index (χ1v) is 5.68. The molecule has 0 saturated heterocycles. The molecule has 0 aromatic heterocycles. The highest BCUT2D eigenvalue weighted by Gasteiger charge is 2.19. The molecule has 82 valence electrons. The summed E-state index contributed by atoms with van der Waals surface area (Å²) in [7, 11) is 0. The largest absolute Gasteiger partial charge is 0.294 e. The van der Waals surface area contributed by atoms with Gasteiger partial charge in [-0.25, -0.2) is 0 Å². The summed E-state index contributed by atoms with van der Waals surface area (Å²) in [5, 5.41) is 0. The number of ketones is 1. The molecule has 0 aliphatic heterocycles. The van der Waals surface area contributed by atoms with Crippen LogP contribution in [0, 0.1) is 0 Å². The minimum Gasteiger partial charge on any atom is -0.294 e. The molecule has 0 radical (unpaired) electrons. The number of carbonyl (C=O) groups is 1. The fourth-order valence-corrected chi connectivity index (χ4v) is 1.95. The Morgan fingerprint density at radius 3 is 2.44 bits per heavy atom. The summed E-state index contributed by atoms with van der Waals surface area (Å²) < 4.78 is 0. The summed E-state index contributed by atoms with van der Waals surface area (Å²) in [6, 6.07) is 8.36. The summed E-state index contributed by atoms with van der Waals surface area (Å²) in [6.45, 7) is 6.00. The maximum absolute atomic E-state index is 11.6. The van der Waals surface area contributed by atoms with Crippen molar-refractivity contribution in [2.75, 3.05) is 0 Å². The van der Waals surface area contributed by atoms with E-state index in [4.69, 9.17) is 0 Å². The summed E-state index contributed by atoms with van der Waals surface area (Å²) in [6.07, 6.45) is 4.31. The van der Waals surface area contributed by atoms with Gasteiger partial charge >= 0.3 is 0 Å². The third-order valence-electron chi connectivity index (χ3n) is 2.94. The van der Waals surface area contributed by atoms with Gasteiger partial charge in [-0.3, -0.25) is 4.79 Å². The van der Waals surface area contributed by atoms with E-state index in [9.17, 15) is 4.79 Å². The van der Waals surface area contributed by atoms with Crippen LogP contribution in [-0.2, 0) is 11.2 Å². The minimum absolute atomic E-state index is 0.226. The molecule has 0 spiro atoms. The first kappa shape index (κ1) is 10.9. The van der Waals surface area contributed by atoms with Crippen LogP contribution < -0.4 is 0 Å². The van der Waals surface area contributed by atoms with Gasteiger partial charge < -0.3 is 0 Å². The second-order valence-electron chi connectivity index (χ2n) is 4.29. The Kier molecular flexibility index (Phi) is 3.04. The maximum atomic E-state index is 11.6. The van der Waals surface area contributed by atoms with Crippen molar-refractivity contribution >= 4 is 11.9 Å². The van der Waals surface area contributed by atoms with Crippen molar-refractivity contribution in [3.05, 3.63) is 53.1 Å². The molecule has 1 saturated carbocycles. The zero-order valence-electron chi connectivity index (χ0n) is 9.62. The number of benzene rings is 1. The monoisotopic (exact) mass is 212 g/mol. The van der Waals surface area contributed by atoms with E-state index in [-0.39, 0.29) is 5.78 Å². The lowest BCUT2D eigenvalue weighted by molar-refractivity contribution is -0.114. The Morgan fingerprint density at radius 1 is 1.25 bits per heavy atom. The van der Waals surface area contributed by atoms with E-state index in [1.54, 1.807) is 0 Å². The SMILES string of the molecule is C=C1CC(=O)/C(=C/c2ccc(CC)cc2)C1. The highest BCUT2D eigenvalue weighted by atomic mass is 16.1. The standard InChI is InChI=1S/C15H16O/c1-3-12-4-6-13(7-5-12)10-14-8-11(2)9-15(14)16/h4-7,10H,2-3,8-9H2,1H3/b14-10+. The first-order valence-electron chi connectivity index (χ1n) is 5.68. The Morgan fingerprint density at radius 2 is 1.94 bits per heavy atom. The van der Waals surface area contributed by atoms with Crippen LogP contribution in [-0.4, -0.2) is 5.78 Å². The fraction of sp³-hybridized carbons (Fsp3) is 0.267. The summed E-state index contributed by atoms with van der Waals surface area (Å²) in [5.74, 6) is 0.226. The van der Waals surface area contributed by atoms with Gasteiger partial charge in [0.15, 0.2) is 5.78 Å². The average molecular weight is 212 g/mol. The summed E-state index contributed by atoms with van der Waals surface area (Å²) >= 11 is 0. The quantitative estimate of drug-likeness (QED) is 0.541. The zero-order valence-corrected chi connectivity index (χ0v) is 9.62. The molecule has 1 heteroatoms. The van der Waals surface area contributed by atoms with Crippen LogP contribution in [0.15, 0.2) is 42.0 Å². The number of hydrogen-bond acceptors (Lipinski definition) is 1. The van der Waals surface area contributed by atoms with Crippen molar-refractivity contribution in [1.29, 1.82) is 0 Å². The third kappa shape index (κ3) is 2.30. The van der Waals surface area contributed by atoms with Gasteiger partial charge in [0.05, 0.1) is 0 Å². The molecule has 0 heterocycles. The topological polar surface area (TPSA) is 17.1 Å². The summed E-state index contributed by atoms with van der Waals surface area (Å²) in [4.78, 5) is 11.6. The molecule has 1 aromatic rings. The Bertz CT molecular complexity index is 449. The molecular formula is C15H16O. The number of allylic oxidation sites excluding steroid dienone is 2. The molecule has 0 bridgehead atoms. The lowest BCUT2D eigenvalue weighted by Crippen LogP contribution is -1.91. The van der Waals surface area contributed by atoms with E-state index < -0.39 is 0 Å². The first-order chi connectivity index (χ1) is 7.69. The number of carbonyl (C=O) groups excluding carboxylic acids is 1. The van der Waals surface area contributed by atoms with E-state index in [0.29, 0.717) is 6.42 Å². The maximum Gasteiger partial charge on any atom is 0.163 e. The molecule has 1 aliphatic carbocycles. The smallest absolute Gasteiger partial charge is 0.163 e. The molecule has 0 N–H and O–H groups in total. The van der Waals surface area contributed by atoms with E-state index >= 15 is 0 Å². The van der Waals surface area contributed by atoms with Gasteiger partial charge in [-0.1, -0.05) is 43.3 Å². The normalized spacial score (nSPS) is 18.4. The van der Waals surface area contributed by atoms with Gasteiger partial charge in [0.1, 0.15) is 0 Å². The Hall–Kier alpha value is -1.63. The lowest BCUT2D eigenvalue weighted by Gasteiger charge is -1.99. The van der Waals surface area contributed by atoms with Gasteiger partial charge in [-0.05, 0) is 30.0 Å². The van der Waals surface area contributed by atoms with E-state index in [2.05, 4.69) is 37.8 Å². The van der Waals surface area contributed by atoms with Crippen molar-refractivity contribution < 1.29 is 4.79 Å². The van der Waals surface area contributed by atoms with Crippen LogP contribution in [0.1, 0.15) is 30.9 Å². The number of Topliss-reactive ketones (excluding diaryl/α,β-unsaturated/α-hetero) is 1. The minimum atomic E-state index is 0.226. The lowest BCUT2D eigenvalue weighted by atomic mass is 10.1. The second kappa shape index (κ2) is 4.48. The number of rotatable bonds is 2. The van der Waals surface area contributed by atoms with Gasteiger partial charge in [-0.2, -0.15) is 0 Å². The third-order valence-corrected chi connectivity index (χ3v) is 2.94. The molecule has 0 atom stereocenters. The van der Waals surface area contributed by atoms with Crippen molar-refractivity contribution in [3.8, 4) is 0 Å². The molecule has 0 amide bonds. The number of hydrogen-bond donors (Lipinski definition) is 0. The Labute approximate surface area is 96.5 Å².